The van der Waals surface area contributed by atoms with Crippen molar-refractivity contribution in [3.8, 4) is 46.0 Å². The fourth-order valence-corrected chi connectivity index (χ4v) is 9.53. The molecule has 0 spiro atoms. The van der Waals surface area contributed by atoms with Gasteiger partial charge in [-0.25, -0.2) is 0 Å². The van der Waals surface area contributed by atoms with Crippen LogP contribution in [-0.2, 0) is 82.6 Å². The predicted octanol–water partition coefficient (Wildman–Crippen LogP) is 17.5. The van der Waals surface area contributed by atoms with E-state index in [1.54, 1.807) is 27.7 Å². The second-order valence-corrected chi connectivity index (χ2v) is 27.3. The number of hydrogen-bond acceptors (Lipinski definition) is 20. The van der Waals surface area contributed by atoms with E-state index in [1.165, 1.54) is 0 Å². The zero-order valence-corrected chi connectivity index (χ0v) is 69.4. The van der Waals surface area contributed by atoms with Gasteiger partial charge in [-0.2, -0.15) is 0 Å². The van der Waals surface area contributed by atoms with Crippen LogP contribution in [0.5, 0.6) is 46.0 Å². The zero-order valence-electron chi connectivity index (χ0n) is 67.9. The van der Waals surface area contributed by atoms with Crippen LogP contribution >= 0.6 is 0 Å². The molecule has 0 radical (unpaired) electrons. The minimum atomic E-state index is -1.08. The van der Waals surface area contributed by atoms with Gasteiger partial charge in [0, 0.05) is 50.7 Å². The Morgan fingerprint density at radius 2 is 0.333 bits per heavy atom. The molecule has 0 aliphatic carbocycles. The van der Waals surface area contributed by atoms with Gasteiger partial charge in [0.1, 0.15) is 68.4 Å². The SMILES string of the molecule is CCCCOCC(C)(O[O-])c1cc(OCCCC)cc(OCCCC)c1.CCCCOCC(C)(O[O-])c1cc(OCCCC)cc(OCCCC)c1.CCCCOCC(C)(O[O-])c1cc(OCCCC)cc(OCCCC)c1.CCCCOCC(C)(O[O-])c1cc(OCCCC)cc(OCCCC)c1.[Ti+4]. The standard InChI is InChI=1S/4C21H36O5.Ti/c4*1-5-8-11-23-17-21(4,26-22)18-14-19(24-12-9-6-2)16-20(15-18)25-13-10-7-3;/h4*14-16,22H,5-13,17H2,1-4H3;/q;;;;+4/p-4. The van der Waals surface area contributed by atoms with Gasteiger partial charge in [-0.3, -0.25) is 0 Å². The maximum atomic E-state index is 11.5. The van der Waals surface area contributed by atoms with Crippen molar-refractivity contribution >= 4 is 0 Å². The van der Waals surface area contributed by atoms with E-state index in [0.717, 1.165) is 154 Å². The summed E-state index contributed by atoms with van der Waals surface area (Å²) in [5.41, 5.74) is -1.48. The first-order valence-corrected chi connectivity index (χ1v) is 39.6. The molecular weight excluding hydrogens is 1380 g/mol. The molecule has 4 unspecified atom stereocenters. The van der Waals surface area contributed by atoms with Gasteiger partial charge in [0.25, 0.3) is 0 Å². The molecule has 600 valence electrons. The van der Waals surface area contributed by atoms with Crippen LogP contribution in [0.3, 0.4) is 0 Å². The molecule has 0 saturated heterocycles. The molecule has 0 heterocycles. The molecule has 0 aliphatic heterocycles. The normalized spacial score (nSPS) is 13.3. The molecule has 0 N–H and O–H groups in total. The largest absolute Gasteiger partial charge is 4.00 e. The molecule has 105 heavy (non-hydrogen) atoms. The minimum Gasteiger partial charge on any atom is -0.723 e. The van der Waals surface area contributed by atoms with E-state index in [9.17, 15) is 21.0 Å². The molecule has 4 aromatic carbocycles. The van der Waals surface area contributed by atoms with Crippen molar-refractivity contribution in [2.75, 3.05) is 106 Å². The van der Waals surface area contributed by atoms with Gasteiger partial charge in [-0.1, -0.05) is 160 Å². The summed E-state index contributed by atoms with van der Waals surface area (Å²) in [6.07, 6.45) is 24.3. The van der Waals surface area contributed by atoms with Crippen molar-refractivity contribution in [1.82, 2.24) is 0 Å². The van der Waals surface area contributed by atoms with Gasteiger partial charge in [0.05, 0.1) is 79.3 Å². The summed E-state index contributed by atoms with van der Waals surface area (Å²) in [6, 6.07) is 22.3. The summed E-state index contributed by atoms with van der Waals surface area (Å²) in [4.78, 5) is 18.3. The van der Waals surface area contributed by atoms with Gasteiger partial charge in [0.2, 0.25) is 0 Å². The fourth-order valence-electron chi connectivity index (χ4n) is 9.53. The molecule has 4 rings (SSSR count). The Morgan fingerprint density at radius 3 is 0.448 bits per heavy atom. The van der Waals surface area contributed by atoms with E-state index < -0.39 is 22.4 Å². The molecule has 20 nitrogen and oxygen atoms in total. The molecule has 21 heteroatoms. The van der Waals surface area contributed by atoms with Gasteiger partial charge in [0.15, 0.2) is 0 Å². The summed E-state index contributed by atoms with van der Waals surface area (Å²) < 4.78 is 69.3. The first-order valence-electron chi connectivity index (χ1n) is 39.6. The topological polar surface area (TPSA) is 240 Å². The van der Waals surface area contributed by atoms with Crippen molar-refractivity contribution in [1.29, 1.82) is 0 Å². The van der Waals surface area contributed by atoms with Crippen LogP contribution in [0.2, 0.25) is 0 Å². The average Bonchev–Trinajstić information content (AvgIpc) is 0.838. The number of unbranched alkanes of at least 4 members (excludes halogenated alkanes) is 12. The number of ether oxygens (including phenoxy) is 12. The van der Waals surface area contributed by atoms with Crippen molar-refractivity contribution in [2.24, 2.45) is 0 Å². The third-order valence-electron chi connectivity index (χ3n) is 16.9. The summed E-state index contributed by atoms with van der Waals surface area (Å²) in [7, 11) is 0. The average molecular weight is 1520 g/mol. The van der Waals surface area contributed by atoms with E-state index in [4.69, 9.17) is 56.8 Å². The summed E-state index contributed by atoms with van der Waals surface area (Å²) in [5.74, 6) is 5.55. The van der Waals surface area contributed by atoms with Crippen LogP contribution in [0, 0.1) is 0 Å². The Bertz CT molecular complexity index is 2220. The second-order valence-electron chi connectivity index (χ2n) is 27.3. The van der Waals surface area contributed by atoms with Crippen LogP contribution in [0.25, 0.3) is 0 Å². The van der Waals surface area contributed by atoms with Crippen molar-refractivity contribution < 1.29 is 119 Å². The van der Waals surface area contributed by atoms with E-state index in [1.807, 2.05) is 72.8 Å². The van der Waals surface area contributed by atoms with E-state index in [0.29, 0.717) is 148 Å². The van der Waals surface area contributed by atoms with Crippen molar-refractivity contribution in [3.05, 3.63) is 95.1 Å². The summed E-state index contributed by atoms with van der Waals surface area (Å²) >= 11 is 0. The first-order chi connectivity index (χ1) is 50.4. The first kappa shape index (κ1) is 101. The van der Waals surface area contributed by atoms with Crippen molar-refractivity contribution in [3.63, 3.8) is 0 Å². The van der Waals surface area contributed by atoms with Gasteiger partial charge < -0.3 is 97.4 Å². The summed E-state index contributed by atoms with van der Waals surface area (Å²) in [5, 5.41) is 46.0. The third kappa shape index (κ3) is 43.5. The molecule has 0 aliphatic rings. The van der Waals surface area contributed by atoms with Crippen LogP contribution < -0.4 is 58.9 Å². The van der Waals surface area contributed by atoms with Gasteiger partial charge in [-0.15, -0.1) is 0 Å². The van der Waals surface area contributed by atoms with Gasteiger partial charge in [-0.05, 0) is 176 Å². The van der Waals surface area contributed by atoms with Crippen LogP contribution in [-0.4, -0.2) is 106 Å². The Balaban J connectivity index is 0.00000137. The quantitative estimate of drug-likeness (QED) is 0.0173. The zero-order chi connectivity index (χ0) is 77.0. The molecule has 0 aromatic heterocycles. The Kier molecular flexibility index (Phi) is 60.6. The van der Waals surface area contributed by atoms with Crippen molar-refractivity contribution in [2.45, 2.75) is 287 Å². The smallest absolute Gasteiger partial charge is 0.723 e. The Labute approximate surface area is 649 Å². The predicted molar refractivity (Wildman–Crippen MR) is 406 cm³/mol. The molecule has 4 atom stereocenters. The van der Waals surface area contributed by atoms with E-state index >= 15 is 0 Å². The monoisotopic (exact) mass is 1520 g/mol. The summed E-state index contributed by atoms with van der Waals surface area (Å²) in [6.45, 7) is 40.7. The molecular formula is C84H140O20Ti. The Morgan fingerprint density at radius 1 is 0.210 bits per heavy atom. The third-order valence-corrected chi connectivity index (χ3v) is 16.9. The number of benzene rings is 4. The maximum absolute atomic E-state index is 11.5. The van der Waals surface area contributed by atoms with Crippen LogP contribution in [0.15, 0.2) is 72.8 Å². The van der Waals surface area contributed by atoms with E-state index in [2.05, 4.69) is 103 Å². The number of hydrogen-bond donors (Lipinski definition) is 0. The van der Waals surface area contributed by atoms with Crippen LogP contribution in [0.4, 0.5) is 0 Å². The molecule has 0 amide bonds. The fraction of sp³-hybridized carbons (Fsp3) is 0.714. The van der Waals surface area contributed by atoms with Crippen LogP contribution in [0.1, 0.15) is 287 Å². The minimum absolute atomic E-state index is 0. The maximum Gasteiger partial charge on any atom is 4.00 e. The second kappa shape index (κ2) is 63.3. The Hall–Kier alpha value is -4.49. The molecule has 0 saturated carbocycles. The van der Waals surface area contributed by atoms with E-state index in [-0.39, 0.29) is 48.1 Å². The molecule has 0 fully saturated rings. The molecule has 4 aromatic rings. The van der Waals surface area contributed by atoms with Gasteiger partial charge >= 0.3 is 21.7 Å². The molecule has 0 bridgehead atoms. The number of rotatable bonds is 60.